The van der Waals surface area contributed by atoms with Crippen molar-refractivity contribution in [1.82, 2.24) is 0 Å². The first-order valence-corrected chi connectivity index (χ1v) is 28.6. The third-order valence-electron chi connectivity index (χ3n) is 21.7. The number of aliphatic carboxylic acids is 1. The maximum absolute atomic E-state index is 13.9. The second-order valence-corrected chi connectivity index (χ2v) is 26.5. The third-order valence-corrected chi connectivity index (χ3v) is 21.7. The summed E-state index contributed by atoms with van der Waals surface area (Å²) in [4.78, 5) is 40.4. The normalized spacial score (nSPS) is 49.7. The molecule has 2 unspecified atom stereocenters. The van der Waals surface area contributed by atoms with Crippen molar-refractivity contribution in [1.29, 1.82) is 0 Å². The van der Waals surface area contributed by atoms with E-state index in [2.05, 4.69) is 19.9 Å². The number of carbonyl (C=O) groups is 3. The van der Waals surface area contributed by atoms with Crippen molar-refractivity contribution in [2.75, 3.05) is 13.2 Å². The Morgan fingerprint density at radius 1 is 0.654 bits per heavy atom. The molecule has 4 saturated carbocycles. The smallest absolute Gasteiger partial charge is 0.335 e. The molecule has 0 spiro atoms. The van der Waals surface area contributed by atoms with Gasteiger partial charge in [-0.2, -0.15) is 0 Å². The second kappa shape index (κ2) is 23.0. The van der Waals surface area contributed by atoms with Gasteiger partial charge in [0.25, 0.3) is 0 Å². The second-order valence-electron chi connectivity index (χ2n) is 26.5. The summed E-state index contributed by atoms with van der Waals surface area (Å²) in [5, 5.41) is 135. The molecule has 81 heavy (non-hydrogen) atoms. The molecule has 0 amide bonds. The van der Waals surface area contributed by atoms with Crippen LogP contribution in [0, 0.1) is 50.2 Å². The molecule has 3 aliphatic heterocycles. The standard InChI is InChI=1S/C58H90O23/c1-13-24(3)48(72)80-45-46(81-49(73)25(4)14-2)58(23-60)28(21-53(45,6)7)27-15-16-31-55(10)19-18-32(54(8,9)30(55)17-20-56(31,11)57(27,12)43(68)44(58)69)76-52-42(79-51-38(66)36(64)34(62)29(22-59)75-51)40(39(67)41(78-52)47(70)71)77-50-37(65)35(63)33(61)26(5)74-50/h13-15,26,28-46,50-52,59-69H,16-23H2,1-12H3,(H,70,71)/b24-13-,25-14-/t26-,28-,29+,30?,31?,32-,33-,34+,35+,36-,37+,38+,39-,40-,41-,42+,43-,44+,45-,46-,50-,51-,52+,55-,56+,57-,58-/m0/s1. The van der Waals surface area contributed by atoms with Gasteiger partial charge < -0.3 is 99.2 Å². The number of carbonyl (C=O) groups excluding carboxylic acids is 2. The molecule has 5 aliphatic carbocycles. The van der Waals surface area contributed by atoms with Gasteiger partial charge in [-0.15, -0.1) is 0 Å². The highest BCUT2D eigenvalue weighted by Gasteiger charge is 2.76. The third kappa shape index (κ3) is 10.1. The Hall–Kier alpha value is -3.05. The molecule has 0 aromatic rings. The average Bonchev–Trinajstić information content (AvgIpc) is 1.70. The summed E-state index contributed by atoms with van der Waals surface area (Å²) in [6, 6.07) is 0. The summed E-state index contributed by atoms with van der Waals surface area (Å²) in [6.45, 7) is 20.5. The van der Waals surface area contributed by atoms with Crippen molar-refractivity contribution >= 4 is 17.9 Å². The zero-order valence-corrected chi connectivity index (χ0v) is 48.5. The summed E-state index contributed by atoms with van der Waals surface area (Å²) in [6.07, 6.45) is -25.7. The maximum Gasteiger partial charge on any atom is 0.335 e. The van der Waals surface area contributed by atoms with Crippen LogP contribution in [0.15, 0.2) is 34.9 Å². The number of hydrogen-bond donors (Lipinski definition) is 12. The molecule has 27 atom stereocenters. The average molecular weight is 1160 g/mol. The number of esters is 2. The van der Waals surface area contributed by atoms with E-state index in [1.54, 1.807) is 39.8 Å². The van der Waals surface area contributed by atoms with Crippen LogP contribution in [0.25, 0.3) is 0 Å². The molecule has 23 heteroatoms. The summed E-state index contributed by atoms with van der Waals surface area (Å²) >= 11 is 0. The Bertz CT molecular complexity index is 2430. The highest BCUT2D eigenvalue weighted by atomic mass is 16.8. The van der Waals surface area contributed by atoms with E-state index in [1.807, 2.05) is 34.6 Å². The van der Waals surface area contributed by atoms with E-state index in [0.29, 0.717) is 37.7 Å². The molecule has 0 aromatic heterocycles. The molecule has 3 saturated heterocycles. The van der Waals surface area contributed by atoms with E-state index in [-0.39, 0.29) is 23.8 Å². The van der Waals surface area contributed by atoms with Gasteiger partial charge >= 0.3 is 17.9 Å². The minimum absolute atomic E-state index is 0.156. The van der Waals surface area contributed by atoms with Gasteiger partial charge in [-0.1, -0.05) is 72.3 Å². The van der Waals surface area contributed by atoms with Crippen LogP contribution < -0.4 is 0 Å². The largest absolute Gasteiger partial charge is 0.479 e. The molecule has 460 valence electrons. The lowest BCUT2D eigenvalue weighted by atomic mass is 9.32. The van der Waals surface area contributed by atoms with Crippen molar-refractivity contribution in [3.8, 4) is 0 Å². The van der Waals surface area contributed by atoms with Crippen molar-refractivity contribution in [3.05, 3.63) is 34.9 Å². The van der Waals surface area contributed by atoms with Gasteiger partial charge in [0.15, 0.2) is 31.1 Å². The number of aliphatic hydroxyl groups is 11. The van der Waals surface area contributed by atoms with E-state index < -0.39 is 192 Å². The minimum atomic E-state index is -2.14. The maximum atomic E-state index is 13.9. The lowest BCUT2D eigenvalue weighted by Gasteiger charge is -2.73. The number of hydrogen-bond acceptors (Lipinski definition) is 22. The predicted molar refractivity (Wildman–Crippen MR) is 281 cm³/mol. The zero-order valence-electron chi connectivity index (χ0n) is 48.5. The molecule has 12 N–H and O–H groups in total. The van der Waals surface area contributed by atoms with Crippen LogP contribution in [-0.2, 0) is 52.3 Å². The Balaban J connectivity index is 1.14. The molecule has 0 aromatic carbocycles. The lowest BCUT2D eigenvalue weighted by molar-refractivity contribution is -0.395. The topological polar surface area (TPSA) is 368 Å². The lowest BCUT2D eigenvalue weighted by Crippen LogP contribution is -2.76. The van der Waals surface area contributed by atoms with Crippen molar-refractivity contribution in [2.45, 2.75) is 244 Å². The molecule has 8 aliphatic rings. The van der Waals surface area contributed by atoms with Crippen molar-refractivity contribution < 1.29 is 114 Å². The van der Waals surface area contributed by atoms with Crippen LogP contribution >= 0.6 is 0 Å². The first-order chi connectivity index (χ1) is 37.7. The van der Waals surface area contributed by atoms with Crippen LogP contribution in [0.1, 0.15) is 122 Å². The highest BCUT2D eigenvalue weighted by molar-refractivity contribution is 5.89. The number of rotatable bonds is 13. The fraction of sp³-hybridized carbons (Fsp3) is 0.845. The Kier molecular flexibility index (Phi) is 18.2. The van der Waals surface area contributed by atoms with Gasteiger partial charge in [0, 0.05) is 22.0 Å². The number of ether oxygens (including phenoxy) is 8. The first kappa shape index (κ1) is 64.0. The Labute approximate surface area is 472 Å². The monoisotopic (exact) mass is 1150 g/mol. The van der Waals surface area contributed by atoms with Gasteiger partial charge in [-0.3, -0.25) is 0 Å². The molecule has 8 rings (SSSR count). The van der Waals surface area contributed by atoms with E-state index in [1.165, 1.54) is 6.92 Å². The molecule has 7 fully saturated rings. The summed E-state index contributed by atoms with van der Waals surface area (Å²) in [7, 11) is 0. The van der Waals surface area contributed by atoms with Gasteiger partial charge in [-0.05, 0) is 107 Å². The van der Waals surface area contributed by atoms with Gasteiger partial charge in [0.1, 0.15) is 67.1 Å². The minimum Gasteiger partial charge on any atom is -0.479 e. The SMILES string of the molecule is C/C=C(/C)C(=O)O[C@H]1[C@H](OC(=O)/C(C)=C\C)[C@]2(CO)[C@H](O)[C@H](O)[C@]3(C)C(=CCC4[C@@]5(C)CC[C@H](O[C@@H]6O[C@H](C(=O)O)[C@@H](O)[C@H](O[C@@H]7O[C@@H](C)[C@H](O)[C@@H](O)[C@H]7O)[C@H]6O[C@@H]6O[C@H](CO)[C@@H](O)[C@H](O)[C@H]6O)C(C)(C)C5CC[C@]43C)[C@@H]2CC1(C)C. The Morgan fingerprint density at radius 3 is 1.79 bits per heavy atom. The molecule has 0 radical (unpaired) electrons. The number of fused-ring (bicyclic) bond motifs is 7. The van der Waals surface area contributed by atoms with E-state index >= 15 is 0 Å². The molecular formula is C58H90O23. The number of aliphatic hydroxyl groups excluding tert-OH is 11. The van der Waals surface area contributed by atoms with E-state index in [0.717, 1.165) is 5.57 Å². The van der Waals surface area contributed by atoms with Crippen LogP contribution in [0.4, 0.5) is 0 Å². The summed E-state index contributed by atoms with van der Waals surface area (Å²) in [5.41, 5.74) is -4.42. The zero-order chi connectivity index (χ0) is 60.2. The molecule has 0 bridgehead atoms. The van der Waals surface area contributed by atoms with Gasteiger partial charge in [0.2, 0.25) is 0 Å². The van der Waals surface area contributed by atoms with E-state index in [9.17, 15) is 75.7 Å². The van der Waals surface area contributed by atoms with Crippen LogP contribution in [0.2, 0.25) is 0 Å². The van der Waals surface area contributed by atoms with Crippen LogP contribution in [-0.4, -0.2) is 215 Å². The van der Waals surface area contributed by atoms with Crippen LogP contribution in [0.3, 0.4) is 0 Å². The van der Waals surface area contributed by atoms with Crippen LogP contribution in [0.5, 0.6) is 0 Å². The Morgan fingerprint density at radius 2 is 1.22 bits per heavy atom. The summed E-state index contributed by atoms with van der Waals surface area (Å²) in [5.74, 6) is -4.02. The van der Waals surface area contributed by atoms with Crippen molar-refractivity contribution in [2.24, 2.45) is 50.2 Å². The molecule has 3 heterocycles. The summed E-state index contributed by atoms with van der Waals surface area (Å²) < 4.78 is 49.3. The number of allylic oxidation sites excluding steroid dienone is 3. The molecular weight excluding hydrogens is 1060 g/mol. The highest BCUT2D eigenvalue weighted by Crippen LogP contribution is 2.76. The number of carboxylic acid groups (broad SMARTS) is 1. The number of carboxylic acids is 1. The van der Waals surface area contributed by atoms with E-state index in [4.69, 9.17) is 37.9 Å². The fourth-order valence-electron chi connectivity index (χ4n) is 16.4. The van der Waals surface area contributed by atoms with Gasteiger partial charge in [-0.25, -0.2) is 14.4 Å². The van der Waals surface area contributed by atoms with Gasteiger partial charge in [0.05, 0.1) is 43.0 Å². The quantitative estimate of drug-likeness (QED) is 0.0521. The van der Waals surface area contributed by atoms with Crippen molar-refractivity contribution in [3.63, 3.8) is 0 Å². The predicted octanol–water partition coefficient (Wildman–Crippen LogP) is 0.651. The fourth-order valence-corrected chi connectivity index (χ4v) is 16.4. The first-order valence-electron chi connectivity index (χ1n) is 28.6. The molecule has 23 nitrogen and oxygen atoms in total.